The Bertz CT molecular complexity index is 1110. The third kappa shape index (κ3) is 3.95. The van der Waals surface area contributed by atoms with E-state index < -0.39 is 22.3 Å². The Labute approximate surface area is 170 Å². The van der Waals surface area contributed by atoms with Gasteiger partial charge in [0.2, 0.25) is 5.91 Å². The predicted molar refractivity (Wildman–Crippen MR) is 110 cm³/mol. The van der Waals surface area contributed by atoms with Gasteiger partial charge in [0.1, 0.15) is 11.5 Å². The summed E-state index contributed by atoms with van der Waals surface area (Å²) in [6.45, 7) is 2.69. The summed E-state index contributed by atoms with van der Waals surface area (Å²) >= 11 is 1.60. The lowest BCUT2D eigenvalue weighted by atomic mass is 10.1. The lowest BCUT2D eigenvalue weighted by Gasteiger charge is -2.19. The number of anilines is 2. The van der Waals surface area contributed by atoms with Crippen molar-refractivity contribution in [2.75, 3.05) is 23.3 Å². The minimum absolute atomic E-state index is 0.0185. The number of hydrogen-bond donors (Lipinski definition) is 1. The molecule has 0 aliphatic carbocycles. The van der Waals surface area contributed by atoms with E-state index in [0.717, 1.165) is 46.1 Å². The smallest absolute Gasteiger partial charge is 0.295 e. The second kappa shape index (κ2) is 7.59. The van der Waals surface area contributed by atoms with Gasteiger partial charge in [-0.25, -0.2) is 9.37 Å². The van der Waals surface area contributed by atoms with Gasteiger partial charge in [-0.2, -0.15) is 0 Å². The molecular formula is C20H17FN4O3S. The van der Waals surface area contributed by atoms with E-state index in [-0.39, 0.29) is 12.2 Å². The highest BCUT2D eigenvalue weighted by Crippen LogP contribution is 2.33. The van der Waals surface area contributed by atoms with Crippen molar-refractivity contribution in [2.45, 2.75) is 13.3 Å². The van der Waals surface area contributed by atoms with Crippen molar-refractivity contribution in [3.05, 3.63) is 68.3 Å². The highest BCUT2D eigenvalue weighted by molar-refractivity contribution is 7.09. The first-order chi connectivity index (χ1) is 13.9. The number of aromatic nitrogens is 1. The maximum Gasteiger partial charge on any atom is 0.295 e. The number of benzene rings is 2. The first-order valence-corrected chi connectivity index (χ1v) is 9.83. The number of carbonyl (C=O) groups excluding carboxylic acids is 1. The van der Waals surface area contributed by atoms with Crippen LogP contribution in [-0.4, -0.2) is 28.9 Å². The fourth-order valence-electron chi connectivity index (χ4n) is 3.41. The van der Waals surface area contributed by atoms with Gasteiger partial charge >= 0.3 is 0 Å². The van der Waals surface area contributed by atoms with Crippen LogP contribution in [0.2, 0.25) is 0 Å². The highest BCUT2D eigenvalue weighted by atomic mass is 32.1. The van der Waals surface area contributed by atoms with Crippen molar-refractivity contribution >= 4 is 34.3 Å². The molecule has 3 aromatic rings. The Kier molecular flexibility index (Phi) is 4.98. The Balaban J connectivity index is 1.48. The number of nitrogens with zero attached hydrogens (tertiary/aromatic N) is 3. The molecule has 2 heterocycles. The van der Waals surface area contributed by atoms with E-state index in [2.05, 4.69) is 16.4 Å². The molecule has 1 N–H and O–H groups in total. The number of rotatable bonds is 5. The summed E-state index contributed by atoms with van der Waals surface area (Å²) < 4.78 is 13.3. The van der Waals surface area contributed by atoms with Crippen LogP contribution >= 0.6 is 11.3 Å². The molecule has 0 bridgehead atoms. The van der Waals surface area contributed by atoms with E-state index in [1.54, 1.807) is 11.3 Å². The first kappa shape index (κ1) is 19.0. The molecule has 1 aromatic heterocycles. The van der Waals surface area contributed by atoms with Gasteiger partial charge in [-0.05, 0) is 43.2 Å². The van der Waals surface area contributed by atoms with Crippen LogP contribution in [0.4, 0.5) is 21.5 Å². The quantitative estimate of drug-likeness (QED) is 0.502. The Hall–Kier alpha value is -3.33. The third-order valence-electron chi connectivity index (χ3n) is 4.75. The maximum absolute atomic E-state index is 13.3. The molecule has 0 unspecified atom stereocenters. The van der Waals surface area contributed by atoms with Gasteiger partial charge in [0, 0.05) is 23.2 Å². The monoisotopic (exact) mass is 412 g/mol. The number of fused-ring (bicyclic) bond motifs is 1. The van der Waals surface area contributed by atoms with E-state index in [1.165, 1.54) is 6.07 Å². The van der Waals surface area contributed by atoms with Crippen LogP contribution < -0.4 is 10.2 Å². The molecule has 0 saturated carbocycles. The van der Waals surface area contributed by atoms with E-state index >= 15 is 0 Å². The summed E-state index contributed by atoms with van der Waals surface area (Å²) in [6.07, 6.45) is 0.802. The molecule has 0 spiro atoms. The average Bonchev–Trinajstić information content (AvgIpc) is 3.29. The summed E-state index contributed by atoms with van der Waals surface area (Å²) in [6, 6.07) is 9.12. The molecule has 0 radical (unpaired) electrons. The largest absolute Gasteiger partial charge is 0.362 e. The van der Waals surface area contributed by atoms with Crippen LogP contribution in [0.1, 0.15) is 10.6 Å². The number of nitrogens with one attached hydrogen (secondary N) is 1. The van der Waals surface area contributed by atoms with E-state index in [1.807, 2.05) is 29.3 Å². The van der Waals surface area contributed by atoms with Crippen LogP contribution in [0.25, 0.3) is 11.3 Å². The fraction of sp³-hybridized carbons (Fsp3) is 0.200. The molecule has 0 atom stereocenters. The zero-order valence-electron chi connectivity index (χ0n) is 15.5. The van der Waals surface area contributed by atoms with E-state index in [9.17, 15) is 19.3 Å². The van der Waals surface area contributed by atoms with Crippen molar-refractivity contribution in [2.24, 2.45) is 0 Å². The molecule has 7 nitrogen and oxygen atoms in total. The van der Waals surface area contributed by atoms with Crippen molar-refractivity contribution < 1.29 is 14.1 Å². The summed E-state index contributed by atoms with van der Waals surface area (Å²) in [7, 11) is 0. The van der Waals surface area contributed by atoms with Crippen molar-refractivity contribution in [3.8, 4) is 11.3 Å². The normalized spacial score (nSPS) is 12.7. The maximum atomic E-state index is 13.3. The number of nitro benzene ring substituents is 1. The number of thiazole rings is 1. The summed E-state index contributed by atoms with van der Waals surface area (Å²) in [5, 5.41) is 16.6. The number of amides is 1. The lowest BCUT2D eigenvalue weighted by molar-refractivity contribution is -0.384. The molecule has 148 valence electrons. The SMILES string of the molecule is Cc1nc(-c2ccc3c(c2)CCN3CC(=O)Nc2ccc(F)cc2[N+](=O)[O-])cs1. The summed E-state index contributed by atoms with van der Waals surface area (Å²) in [5.41, 5.74) is 3.59. The molecule has 1 amide bonds. The standard InChI is InChI=1S/C20H17FN4O3S/c1-12-22-17(11-29-12)13-2-5-18-14(8-13)6-7-24(18)10-20(26)23-16-4-3-15(21)9-19(16)25(27)28/h2-5,8-9,11H,6-7,10H2,1H3,(H,23,26). The fourth-order valence-corrected chi connectivity index (χ4v) is 4.04. The molecular weight excluding hydrogens is 395 g/mol. The molecule has 4 rings (SSSR count). The van der Waals surface area contributed by atoms with Gasteiger partial charge in [-0.15, -0.1) is 11.3 Å². The van der Waals surface area contributed by atoms with Crippen molar-refractivity contribution in [1.29, 1.82) is 0 Å². The summed E-state index contributed by atoms with van der Waals surface area (Å²) in [5.74, 6) is -1.12. The number of nitro groups is 1. The molecule has 1 aliphatic heterocycles. The van der Waals surface area contributed by atoms with Gasteiger partial charge in [0.25, 0.3) is 5.69 Å². The van der Waals surface area contributed by atoms with Crippen LogP contribution in [0, 0.1) is 22.9 Å². The molecule has 29 heavy (non-hydrogen) atoms. The lowest BCUT2D eigenvalue weighted by Crippen LogP contribution is -2.32. The summed E-state index contributed by atoms with van der Waals surface area (Å²) in [4.78, 5) is 29.3. The topological polar surface area (TPSA) is 88.4 Å². The Morgan fingerprint density at radius 2 is 2.17 bits per heavy atom. The van der Waals surface area contributed by atoms with E-state index in [4.69, 9.17) is 0 Å². The molecule has 0 fully saturated rings. The van der Waals surface area contributed by atoms with Crippen molar-refractivity contribution in [3.63, 3.8) is 0 Å². The highest BCUT2D eigenvalue weighted by Gasteiger charge is 2.23. The van der Waals surface area contributed by atoms with Gasteiger partial charge in [0.05, 0.1) is 28.2 Å². The minimum atomic E-state index is -0.728. The second-order valence-electron chi connectivity index (χ2n) is 6.73. The van der Waals surface area contributed by atoms with Gasteiger partial charge < -0.3 is 10.2 Å². The van der Waals surface area contributed by atoms with Crippen LogP contribution in [0.15, 0.2) is 41.8 Å². The first-order valence-electron chi connectivity index (χ1n) is 8.95. The Morgan fingerprint density at radius 3 is 2.90 bits per heavy atom. The Morgan fingerprint density at radius 1 is 1.34 bits per heavy atom. The molecule has 0 saturated heterocycles. The minimum Gasteiger partial charge on any atom is -0.362 e. The number of hydrogen-bond acceptors (Lipinski definition) is 6. The zero-order valence-corrected chi connectivity index (χ0v) is 16.3. The van der Waals surface area contributed by atoms with Gasteiger partial charge in [-0.1, -0.05) is 6.07 Å². The predicted octanol–water partition coefficient (Wildman–Crippen LogP) is 4.17. The number of carbonyl (C=O) groups is 1. The zero-order chi connectivity index (χ0) is 20.5. The number of halogens is 1. The average molecular weight is 412 g/mol. The molecule has 1 aliphatic rings. The third-order valence-corrected chi connectivity index (χ3v) is 5.52. The van der Waals surface area contributed by atoms with Crippen LogP contribution in [-0.2, 0) is 11.2 Å². The van der Waals surface area contributed by atoms with Gasteiger partial charge in [0.15, 0.2) is 0 Å². The van der Waals surface area contributed by atoms with E-state index in [0.29, 0.717) is 6.54 Å². The number of aryl methyl sites for hydroxylation is 1. The van der Waals surface area contributed by atoms with Crippen LogP contribution in [0.3, 0.4) is 0 Å². The molecule has 9 heteroatoms. The van der Waals surface area contributed by atoms with Gasteiger partial charge in [-0.3, -0.25) is 14.9 Å². The van der Waals surface area contributed by atoms with Crippen molar-refractivity contribution in [1.82, 2.24) is 4.98 Å². The van der Waals surface area contributed by atoms with Crippen LogP contribution in [0.5, 0.6) is 0 Å². The second-order valence-corrected chi connectivity index (χ2v) is 7.80. The molecule has 2 aromatic carbocycles.